The minimum absolute atomic E-state index is 0.315. The normalized spacial score (nSPS) is 19.5. The predicted molar refractivity (Wildman–Crippen MR) is 87.7 cm³/mol. The first-order chi connectivity index (χ1) is 9.54. The lowest BCUT2D eigenvalue weighted by molar-refractivity contribution is 0.138. The van der Waals surface area contributed by atoms with E-state index in [9.17, 15) is 0 Å². The number of likely N-dealkylation sites (tertiary alicyclic amines) is 1. The van der Waals surface area contributed by atoms with Crippen LogP contribution in [0.2, 0.25) is 10.0 Å². The van der Waals surface area contributed by atoms with Crippen LogP contribution in [-0.4, -0.2) is 30.6 Å². The second-order valence-electron chi connectivity index (χ2n) is 5.95. The fourth-order valence-corrected chi connectivity index (χ4v) is 3.67. The molecule has 1 aromatic carbocycles. The molecule has 1 fully saturated rings. The zero-order valence-corrected chi connectivity index (χ0v) is 13.8. The number of hydrogen-bond donors (Lipinski definition) is 1. The predicted octanol–water partition coefficient (Wildman–Crippen LogP) is 4.16. The average molecular weight is 315 g/mol. The maximum atomic E-state index is 6.37. The summed E-state index contributed by atoms with van der Waals surface area (Å²) in [6.07, 6.45) is 2.37. The molecule has 1 aliphatic rings. The summed E-state index contributed by atoms with van der Waals surface area (Å²) in [7, 11) is 0. The fraction of sp³-hybridized carbons (Fsp3) is 0.625. The lowest BCUT2D eigenvalue weighted by Gasteiger charge is -2.38. The van der Waals surface area contributed by atoms with Gasteiger partial charge in [-0.15, -0.1) is 0 Å². The highest BCUT2D eigenvalue weighted by Gasteiger charge is 2.29. The van der Waals surface area contributed by atoms with Gasteiger partial charge in [0.05, 0.1) is 10.0 Å². The van der Waals surface area contributed by atoms with Crippen LogP contribution < -0.4 is 5.73 Å². The van der Waals surface area contributed by atoms with E-state index in [2.05, 4.69) is 24.8 Å². The minimum atomic E-state index is 0.315. The number of nitrogens with two attached hydrogens (primary N) is 1. The third-order valence-electron chi connectivity index (χ3n) is 4.51. The largest absolute Gasteiger partial charge is 0.330 e. The zero-order chi connectivity index (χ0) is 14.7. The van der Waals surface area contributed by atoms with Crippen LogP contribution in [-0.2, 0) is 0 Å². The smallest absolute Gasteiger partial charge is 0.0627 e. The van der Waals surface area contributed by atoms with Gasteiger partial charge < -0.3 is 10.6 Å². The van der Waals surface area contributed by atoms with E-state index in [1.165, 1.54) is 12.8 Å². The van der Waals surface area contributed by atoms with E-state index < -0.39 is 0 Å². The van der Waals surface area contributed by atoms with Crippen molar-refractivity contribution in [2.45, 2.75) is 38.6 Å². The molecule has 0 spiro atoms. The van der Waals surface area contributed by atoms with E-state index in [1.807, 2.05) is 12.1 Å². The molecule has 0 amide bonds. The first kappa shape index (κ1) is 16.1. The van der Waals surface area contributed by atoms with Crippen LogP contribution in [0.1, 0.15) is 38.2 Å². The molecule has 1 unspecified atom stereocenters. The number of piperidine rings is 1. The quantitative estimate of drug-likeness (QED) is 0.904. The van der Waals surface area contributed by atoms with Gasteiger partial charge in [0.1, 0.15) is 0 Å². The molecule has 2 nitrogen and oxygen atoms in total. The van der Waals surface area contributed by atoms with Crippen molar-refractivity contribution in [1.29, 1.82) is 0 Å². The standard InChI is InChI=1S/C16H24Cl2N2/c1-11(2)20-8-6-12(7-9-20)14(10-19)13-4-3-5-15(17)16(13)18/h3-5,11-12,14H,6-10,19H2,1-2H3. The number of rotatable bonds is 4. The SMILES string of the molecule is CC(C)N1CCC(C(CN)c2cccc(Cl)c2Cl)CC1. The summed E-state index contributed by atoms with van der Waals surface area (Å²) in [5, 5.41) is 1.30. The molecular weight excluding hydrogens is 291 g/mol. The van der Waals surface area contributed by atoms with Crippen molar-refractivity contribution in [1.82, 2.24) is 4.90 Å². The highest BCUT2D eigenvalue weighted by molar-refractivity contribution is 6.42. The molecule has 112 valence electrons. The average Bonchev–Trinajstić information content (AvgIpc) is 2.45. The Morgan fingerprint density at radius 3 is 2.45 bits per heavy atom. The second-order valence-corrected chi connectivity index (χ2v) is 6.74. The third-order valence-corrected chi connectivity index (χ3v) is 5.34. The van der Waals surface area contributed by atoms with Gasteiger partial charge in [0.25, 0.3) is 0 Å². The van der Waals surface area contributed by atoms with Gasteiger partial charge in [-0.3, -0.25) is 0 Å². The van der Waals surface area contributed by atoms with Gasteiger partial charge in [0.15, 0.2) is 0 Å². The Kier molecular flexibility index (Phi) is 5.74. The van der Waals surface area contributed by atoms with E-state index in [-0.39, 0.29) is 0 Å². The van der Waals surface area contributed by atoms with E-state index in [4.69, 9.17) is 28.9 Å². The first-order valence-electron chi connectivity index (χ1n) is 7.42. The monoisotopic (exact) mass is 314 g/mol. The molecule has 1 aliphatic heterocycles. The van der Waals surface area contributed by atoms with Gasteiger partial charge in [-0.2, -0.15) is 0 Å². The molecule has 1 aromatic rings. The van der Waals surface area contributed by atoms with Crippen LogP contribution in [0.3, 0.4) is 0 Å². The molecule has 0 radical (unpaired) electrons. The number of hydrogen-bond acceptors (Lipinski definition) is 2. The van der Waals surface area contributed by atoms with Crippen molar-refractivity contribution in [3.05, 3.63) is 33.8 Å². The Bertz CT molecular complexity index is 440. The molecule has 20 heavy (non-hydrogen) atoms. The Balaban J connectivity index is 2.12. The zero-order valence-electron chi connectivity index (χ0n) is 12.3. The van der Waals surface area contributed by atoms with Crippen LogP contribution in [0.4, 0.5) is 0 Å². The van der Waals surface area contributed by atoms with Gasteiger partial charge in [0, 0.05) is 12.0 Å². The maximum absolute atomic E-state index is 6.37. The second kappa shape index (κ2) is 7.13. The summed E-state index contributed by atoms with van der Waals surface area (Å²) < 4.78 is 0. The Morgan fingerprint density at radius 2 is 1.90 bits per heavy atom. The van der Waals surface area contributed by atoms with E-state index in [0.717, 1.165) is 18.7 Å². The highest BCUT2D eigenvalue weighted by Crippen LogP contribution is 2.38. The van der Waals surface area contributed by atoms with Gasteiger partial charge in [0.2, 0.25) is 0 Å². The van der Waals surface area contributed by atoms with Gasteiger partial charge in [-0.05, 0) is 63.9 Å². The molecule has 4 heteroatoms. The lowest BCUT2D eigenvalue weighted by atomic mass is 9.80. The molecular formula is C16H24Cl2N2. The van der Waals surface area contributed by atoms with Crippen LogP contribution in [0.25, 0.3) is 0 Å². The molecule has 1 saturated heterocycles. The fourth-order valence-electron chi connectivity index (χ4n) is 3.22. The van der Waals surface area contributed by atoms with Crippen molar-refractivity contribution in [2.24, 2.45) is 11.7 Å². The molecule has 1 atom stereocenters. The highest BCUT2D eigenvalue weighted by atomic mass is 35.5. The summed E-state index contributed by atoms with van der Waals surface area (Å²) in [6, 6.07) is 6.50. The van der Waals surface area contributed by atoms with Crippen LogP contribution in [0.5, 0.6) is 0 Å². The Labute approximate surface area is 132 Å². The Hall–Kier alpha value is -0.280. The van der Waals surface area contributed by atoms with Crippen molar-refractivity contribution in [2.75, 3.05) is 19.6 Å². The molecule has 0 aromatic heterocycles. The minimum Gasteiger partial charge on any atom is -0.330 e. The summed E-state index contributed by atoms with van der Waals surface area (Å²) in [5.41, 5.74) is 7.15. The summed E-state index contributed by atoms with van der Waals surface area (Å²) >= 11 is 12.5. The Morgan fingerprint density at radius 1 is 1.25 bits per heavy atom. The summed E-state index contributed by atoms with van der Waals surface area (Å²) in [5.74, 6) is 0.918. The van der Waals surface area contributed by atoms with Crippen molar-refractivity contribution in [3.8, 4) is 0 Å². The van der Waals surface area contributed by atoms with E-state index in [1.54, 1.807) is 0 Å². The molecule has 0 bridgehead atoms. The van der Waals surface area contributed by atoms with E-state index in [0.29, 0.717) is 34.5 Å². The molecule has 2 rings (SSSR count). The maximum Gasteiger partial charge on any atom is 0.0627 e. The lowest BCUT2D eigenvalue weighted by Crippen LogP contribution is -2.40. The van der Waals surface area contributed by atoms with Gasteiger partial charge in [-0.1, -0.05) is 35.3 Å². The summed E-state index contributed by atoms with van der Waals surface area (Å²) in [4.78, 5) is 2.53. The third kappa shape index (κ3) is 3.48. The van der Waals surface area contributed by atoms with Gasteiger partial charge in [-0.25, -0.2) is 0 Å². The first-order valence-corrected chi connectivity index (χ1v) is 8.18. The topological polar surface area (TPSA) is 29.3 Å². The number of benzene rings is 1. The number of nitrogens with zero attached hydrogens (tertiary/aromatic N) is 1. The van der Waals surface area contributed by atoms with Crippen molar-refractivity contribution < 1.29 is 0 Å². The molecule has 0 saturated carbocycles. The van der Waals surface area contributed by atoms with Crippen LogP contribution in [0, 0.1) is 5.92 Å². The molecule has 0 aliphatic carbocycles. The van der Waals surface area contributed by atoms with Crippen molar-refractivity contribution in [3.63, 3.8) is 0 Å². The van der Waals surface area contributed by atoms with E-state index >= 15 is 0 Å². The molecule has 1 heterocycles. The summed E-state index contributed by atoms with van der Waals surface area (Å²) in [6.45, 7) is 7.45. The van der Waals surface area contributed by atoms with Crippen molar-refractivity contribution >= 4 is 23.2 Å². The molecule has 2 N–H and O–H groups in total. The van der Waals surface area contributed by atoms with Crippen LogP contribution >= 0.6 is 23.2 Å². The van der Waals surface area contributed by atoms with Gasteiger partial charge >= 0.3 is 0 Å². The van der Waals surface area contributed by atoms with Crippen LogP contribution in [0.15, 0.2) is 18.2 Å². The number of halogens is 2.